The summed E-state index contributed by atoms with van der Waals surface area (Å²) in [5.41, 5.74) is -0.158. The quantitative estimate of drug-likeness (QED) is 0.829. The van der Waals surface area contributed by atoms with Crippen molar-refractivity contribution in [2.24, 2.45) is 0 Å². The van der Waals surface area contributed by atoms with E-state index in [2.05, 4.69) is 10.2 Å². The largest absolute Gasteiger partial charge is 0.454 e. The maximum absolute atomic E-state index is 14.3. The van der Waals surface area contributed by atoms with Crippen molar-refractivity contribution in [3.05, 3.63) is 53.8 Å². The van der Waals surface area contributed by atoms with E-state index in [1.807, 2.05) is 0 Å². The number of nitrogens with zero attached hydrogens (tertiary/aromatic N) is 1. The number of hydrogen-bond acceptors (Lipinski definition) is 5. The number of nitrogens with one attached hydrogen (secondary N) is 1. The van der Waals surface area contributed by atoms with Gasteiger partial charge in [-0.05, 0) is 43.9 Å². The average Bonchev–Trinajstić information content (AvgIpc) is 3.24. The molecule has 5 rings (SSSR count). The molecule has 2 aromatic rings. The first-order valence-electron chi connectivity index (χ1n) is 9.94. The highest BCUT2D eigenvalue weighted by atomic mass is 19.1. The molecule has 29 heavy (non-hydrogen) atoms. The van der Waals surface area contributed by atoms with Crippen molar-refractivity contribution in [3.8, 4) is 11.5 Å². The fourth-order valence-electron chi connectivity index (χ4n) is 4.97. The highest BCUT2D eigenvalue weighted by Crippen LogP contribution is 2.46. The van der Waals surface area contributed by atoms with Gasteiger partial charge in [0.05, 0.1) is 12.1 Å². The van der Waals surface area contributed by atoms with Gasteiger partial charge in [0.2, 0.25) is 12.7 Å². The van der Waals surface area contributed by atoms with Crippen molar-refractivity contribution in [1.82, 2.24) is 4.90 Å². The van der Waals surface area contributed by atoms with Crippen LogP contribution in [0.3, 0.4) is 0 Å². The van der Waals surface area contributed by atoms with Crippen molar-refractivity contribution >= 4 is 11.6 Å². The second-order valence-electron chi connectivity index (χ2n) is 8.09. The number of carbonyl (C=O) groups is 1. The molecule has 0 aliphatic carbocycles. The fourth-order valence-corrected chi connectivity index (χ4v) is 4.97. The number of anilines is 1. The molecule has 2 fully saturated rings. The molecule has 0 radical (unpaired) electrons. The van der Waals surface area contributed by atoms with Crippen LogP contribution in [0.5, 0.6) is 11.5 Å². The molecule has 0 spiro atoms. The number of amides is 1. The Bertz CT molecular complexity index is 936. The van der Waals surface area contributed by atoms with Gasteiger partial charge < -0.3 is 19.9 Å². The van der Waals surface area contributed by atoms with E-state index >= 15 is 0 Å². The van der Waals surface area contributed by atoms with Gasteiger partial charge in [-0.3, -0.25) is 9.69 Å². The zero-order chi connectivity index (χ0) is 20.0. The van der Waals surface area contributed by atoms with Crippen LogP contribution in [0.2, 0.25) is 0 Å². The molecule has 0 saturated carbocycles. The summed E-state index contributed by atoms with van der Waals surface area (Å²) < 4.78 is 24.9. The Hall–Kier alpha value is -2.64. The molecule has 152 valence electrons. The highest BCUT2D eigenvalue weighted by Gasteiger charge is 2.49. The lowest BCUT2D eigenvalue weighted by Crippen LogP contribution is -2.52. The molecule has 2 saturated heterocycles. The van der Waals surface area contributed by atoms with Crippen molar-refractivity contribution in [3.63, 3.8) is 0 Å². The Morgan fingerprint density at radius 3 is 2.62 bits per heavy atom. The zero-order valence-corrected chi connectivity index (χ0v) is 15.9. The first-order valence-corrected chi connectivity index (χ1v) is 9.94. The molecular weight excluding hydrogens is 375 g/mol. The van der Waals surface area contributed by atoms with Crippen LogP contribution in [0.15, 0.2) is 42.5 Å². The van der Waals surface area contributed by atoms with E-state index in [4.69, 9.17) is 9.47 Å². The normalized spacial score (nSPS) is 27.8. The molecule has 1 amide bonds. The third-order valence-corrected chi connectivity index (χ3v) is 6.28. The van der Waals surface area contributed by atoms with Gasteiger partial charge in [-0.1, -0.05) is 18.2 Å². The predicted molar refractivity (Wildman–Crippen MR) is 104 cm³/mol. The van der Waals surface area contributed by atoms with Crippen LogP contribution in [0.1, 0.15) is 31.2 Å². The van der Waals surface area contributed by atoms with Crippen LogP contribution in [-0.4, -0.2) is 41.3 Å². The van der Waals surface area contributed by atoms with Gasteiger partial charge in [0.25, 0.3) is 0 Å². The molecule has 7 heteroatoms. The number of ether oxygens (including phenoxy) is 2. The van der Waals surface area contributed by atoms with E-state index in [-0.39, 0.29) is 37.1 Å². The summed E-state index contributed by atoms with van der Waals surface area (Å²) in [7, 11) is 0. The first kappa shape index (κ1) is 18.4. The van der Waals surface area contributed by atoms with Gasteiger partial charge in [-0.25, -0.2) is 4.39 Å². The topological polar surface area (TPSA) is 71.0 Å². The lowest BCUT2D eigenvalue weighted by atomic mass is 9.80. The van der Waals surface area contributed by atoms with Crippen molar-refractivity contribution in [2.45, 2.75) is 43.4 Å². The van der Waals surface area contributed by atoms with Gasteiger partial charge >= 0.3 is 0 Å². The van der Waals surface area contributed by atoms with Crippen LogP contribution >= 0.6 is 0 Å². The van der Waals surface area contributed by atoms with Gasteiger partial charge in [-0.15, -0.1) is 0 Å². The minimum atomic E-state index is -1.18. The Kier molecular flexibility index (Phi) is 4.44. The second-order valence-corrected chi connectivity index (χ2v) is 8.09. The Morgan fingerprint density at radius 2 is 1.86 bits per heavy atom. The number of carbonyl (C=O) groups excluding carboxylic acids is 1. The third-order valence-electron chi connectivity index (χ3n) is 6.28. The summed E-state index contributed by atoms with van der Waals surface area (Å²) in [5, 5.41) is 14.1. The minimum Gasteiger partial charge on any atom is -0.454 e. The lowest BCUT2D eigenvalue weighted by Gasteiger charge is -2.43. The maximum Gasteiger partial charge on any atom is 0.238 e. The Labute approximate surface area is 168 Å². The summed E-state index contributed by atoms with van der Waals surface area (Å²) in [5.74, 6) is 0.806. The standard InChI is InChI=1S/C22H23FN2O4/c23-18-4-2-1-3-17(18)22(27)10-15-6-7-16(11-22)25(15)12-21(26)24-14-5-8-19-20(9-14)29-13-28-19/h1-5,8-9,15-16,27H,6-7,10-13H2,(H,24,26)/t15-,16+,22?. The van der Waals surface area contributed by atoms with Crippen LogP contribution in [0.25, 0.3) is 0 Å². The van der Waals surface area contributed by atoms with Gasteiger partial charge in [0.15, 0.2) is 11.5 Å². The summed E-state index contributed by atoms with van der Waals surface area (Å²) in [4.78, 5) is 14.8. The Morgan fingerprint density at radius 1 is 1.14 bits per heavy atom. The monoisotopic (exact) mass is 398 g/mol. The number of benzene rings is 2. The van der Waals surface area contributed by atoms with Gasteiger partial charge in [0.1, 0.15) is 5.82 Å². The number of aliphatic hydroxyl groups is 1. The molecule has 3 atom stereocenters. The average molecular weight is 398 g/mol. The minimum absolute atomic E-state index is 0.0564. The lowest BCUT2D eigenvalue weighted by molar-refractivity contribution is -0.121. The van der Waals surface area contributed by atoms with E-state index in [1.165, 1.54) is 6.07 Å². The van der Waals surface area contributed by atoms with Crippen molar-refractivity contribution in [2.75, 3.05) is 18.7 Å². The molecule has 3 aliphatic rings. The SMILES string of the molecule is O=C(CN1[C@@H]2CC[C@H]1CC(O)(c1ccccc1F)C2)Nc1ccc2c(c1)OCO2. The summed E-state index contributed by atoms with van der Waals surface area (Å²) in [6, 6.07) is 11.9. The molecule has 2 bridgehead atoms. The van der Waals surface area contributed by atoms with Crippen molar-refractivity contribution < 1.29 is 23.8 Å². The summed E-state index contributed by atoms with van der Waals surface area (Å²) in [6.07, 6.45) is 2.67. The van der Waals surface area contributed by atoms with E-state index < -0.39 is 5.60 Å². The molecule has 3 heterocycles. The molecule has 0 aromatic heterocycles. The number of halogens is 1. The molecular formula is C22H23FN2O4. The van der Waals surface area contributed by atoms with Crippen LogP contribution < -0.4 is 14.8 Å². The zero-order valence-electron chi connectivity index (χ0n) is 15.9. The highest BCUT2D eigenvalue weighted by molar-refractivity contribution is 5.92. The van der Waals surface area contributed by atoms with Crippen molar-refractivity contribution in [1.29, 1.82) is 0 Å². The molecule has 3 aliphatic heterocycles. The summed E-state index contributed by atoms with van der Waals surface area (Å²) in [6.45, 7) is 0.436. The van der Waals surface area contributed by atoms with Crippen LogP contribution in [-0.2, 0) is 10.4 Å². The van der Waals surface area contributed by atoms with Gasteiger partial charge in [0, 0.05) is 29.4 Å². The number of piperidine rings is 1. The second kappa shape index (κ2) is 7.00. The van der Waals surface area contributed by atoms with E-state index in [0.29, 0.717) is 35.6 Å². The van der Waals surface area contributed by atoms with E-state index in [9.17, 15) is 14.3 Å². The molecule has 2 N–H and O–H groups in total. The van der Waals surface area contributed by atoms with Crippen LogP contribution in [0.4, 0.5) is 10.1 Å². The van der Waals surface area contributed by atoms with Crippen LogP contribution in [0, 0.1) is 5.82 Å². The van der Waals surface area contributed by atoms with E-state index in [0.717, 1.165) is 12.8 Å². The molecule has 1 unspecified atom stereocenters. The molecule has 6 nitrogen and oxygen atoms in total. The Balaban J connectivity index is 1.26. The fraction of sp³-hybridized carbons (Fsp3) is 0.409. The van der Waals surface area contributed by atoms with E-state index in [1.54, 1.807) is 36.4 Å². The molecule has 2 aromatic carbocycles. The maximum atomic E-state index is 14.3. The van der Waals surface area contributed by atoms with Gasteiger partial charge in [-0.2, -0.15) is 0 Å². The number of fused-ring (bicyclic) bond motifs is 3. The number of rotatable bonds is 4. The third kappa shape index (κ3) is 3.34. The smallest absolute Gasteiger partial charge is 0.238 e. The summed E-state index contributed by atoms with van der Waals surface area (Å²) >= 11 is 0. The number of hydrogen-bond donors (Lipinski definition) is 2. The predicted octanol–water partition coefficient (Wildman–Crippen LogP) is 3.01. The first-order chi connectivity index (χ1) is 14.0.